The highest BCUT2D eigenvalue weighted by atomic mass is 19.1. The minimum atomic E-state index is -0.799. The predicted octanol–water partition coefficient (Wildman–Crippen LogP) is 4.64. The fraction of sp³-hybridized carbons (Fsp3) is 0.344. The third-order valence-corrected chi connectivity index (χ3v) is 7.56. The van der Waals surface area contributed by atoms with Gasteiger partial charge in [0.25, 0.3) is 0 Å². The van der Waals surface area contributed by atoms with Gasteiger partial charge in [0.2, 0.25) is 5.91 Å². The molecule has 3 aromatic rings. The lowest BCUT2D eigenvalue weighted by molar-refractivity contribution is -0.134. The molecule has 0 N–H and O–H groups in total. The van der Waals surface area contributed by atoms with Gasteiger partial charge in [-0.3, -0.25) is 14.4 Å². The lowest BCUT2D eigenvalue weighted by Gasteiger charge is -2.43. The highest BCUT2D eigenvalue weighted by molar-refractivity contribution is 6.03. The number of amides is 1. The summed E-state index contributed by atoms with van der Waals surface area (Å²) in [5.41, 5.74) is 1.77. The molecule has 1 fully saturated rings. The van der Waals surface area contributed by atoms with Gasteiger partial charge in [-0.2, -0.15) is 0 Å². The molecule has 1 amide bonds. The molecule has 0 spiro atoms. The summed E-state index contributed by atoms with van der Waals surface area (Å²) in [6.07, 6.45) is 0. The number of benzene rings is 3. The second-order valence-electron chi connectivity index (χ2n) is 10.4. The molecule has 1 heterocycles. The van der Waals surface area contributed by atoms with E-state index in [9.17, 15) is 18.8 Å². The van der Waals surface area contributed by atoms with Crippen LogP contribution in [0.15, 0.2) is 66.7 Å². The number of carbonyl (C=O) groups excluding carboxylic acids is 3. The average molecular weight is 547 g/mol. The van der Waals surface area contributed by atoms with Crippen molar-refractivity contribution in [3.05, 3.63) is 94.8 Å². The van der Waals surface area contributed by atoms with E-state index in [1.54, 1.807) is 91.5 Å². The zero-order valence-electron chi connectivity index (χ0n) is 23.5. The first-order chi connectivity index (χ1) is 19.1. The van der Waals surface area contributed by atoms with E-state index in [4.69, 9.17) is 9.47 Å². The largest absolute Gasteiger partial charge is 0.497 e. The second-order valence-corrected chi connectivity index (χ2v) is 10.4. The van der Waals surface area contributed by atoms with Crippen molar-refractivity contribution in [1.82, 2.24) is 9.80 Å². The third kappa shape index (κ3) is 6.07. The van der Waals surface area contributed by atoms with Crippen LogP contribution in [0.25, 0.3) is 0 Å². The van der Waals surface area contributed by atoms with Gasteiger partial charge >= 0.3 is 0 Å². The van der Waals surface area contributed by atoms with Crippen molar-refractivity contribution < 1.29 is 28.2 Å². The Balaban J connectivity index is 1.89. The maximum atomic E-state index is 14.9. The molecule has 210 valence electrons. The number of ether oxygens (including phenoxy) is 2. The van der Waals surface area contributed by atoms with Crippen LogP contribution in [0.1, 0.15) is 37.8 Å². The van der Waals surface area contributed by atoms with Crippen molar-refractivity contribution >= 4 is 17.5 Å². The molecule has 1 aliphatic rings. The third-order valence-electron chi connectivity index (χ3n) is 7.56. The van der Waals surface area contributed by atoms with Crippen LogP contribution in [0.5, 0.6) is 11.5 Å². The van der Waals surface area contributed by atoms with E-state index >= 15 is 0 Å². The van der Waals surface area contributed by atoms with Crippen LogP contribution in [0.3, 0.4) is 0 Å². The van der Waals surface area contributed by atoms with Crippen molar-refractivity contribution in [2.75, 3.05) is 47.9 Å². The Labute approximate surface area is 234 Å². The first kappa shape index (κ1) is 29.0. The van der Waals surface area contributed by atoms with Crippen LogP contribution in [0.4, 0.5) is 4.39 Å². The smallest absolute Gasteiger partial charge is 0.236 e. The Morgan fingerprint density at radius 3 is 1.82 bits per heavy atom. The van der Waals surface area contributed by atoms with Gasteiger partial charge in [0.15, 0.2) is 11.6 Å². The van der Waals surface area contributed by atoms with Gasteiger partial charge in [-0.1, -0.05) is 36.4 Å². The highest BCUT2D eigenvalue weighted by Gasteiger charge is 2.46. The van der Waals surface area contributed by atoms with Gasteiger partial charge < -0.3 is 19.3 Å². The molecule has 2 unspecified atom stereocenters. The molecule has 1 saturated heterocycles. The van der Waals surface area contributed by atoms with E-state index in [0.29, 0.717) is 33.8 Å². The van der Waals surface area contributed by atoms with Crippen LogP contribution < -0.4 is 9.47 Å². The molecule has 8 heteroatoms. The Morgan fingerprint density at radius 1 is 0.850 bits per heavy atom. The van der Waals surface area contributed by atoms with Crippen LogP contribution in [-0.4, -0.2) is 75.2 Å². The molecule has 2 atom stereocenters. The van der Waals surface area contributed by atoms with E-state index in [2.05, 4.69) is 0 Å². The number of ketones is 2. The molecule has 4 rings (SSSR count). The van der Waals surface area contributed by atoms with E-state index in [-0.39, 0.29) is 37.1 Å². The van der Waals surface area contributed by atoms with E-state index < -0.39 is 23.6 Å². The first-order valence-electron chi connectivity index (χ1n) is 13.2. The van der Waals surface area contributed by atoms with Crippen molar-refractivity contribution in [1.29, 1.82) is 0 Å². The number of halogens is 1. The number of piperidine rings is 1. The maximum absolute atomic E-state index is 14.9. The fourth-order valence-electron chi connectivity index (χ4n) is 5.52. The van der Waals surface area contributed by atoms with Gasteiger partial charge in [-0.15, -0.1) is 0 Å². The number of carbonyl (C=O) groups is 3. The molecule has 0 aromatic heterocycles. The summed E-state index contributed by atoms with van der Waals surface area (Å²) in [6.45, 7) is 1.99. The standard InChI is InChI=1S/C32H35FN2O5/c1-20-25(13-8-14-28(20)33)30-26(31(37)21-9-6-11-23(15-21)39-4)17-35(29(36)19-34(2)3)18-27(30)32(38)22-10-7-12-24(16-22)40-5/h6-16,26-27,30H,17-19H2,1-5H3. The van der Waals surface area contributed by atoms with E-state index in [1.807, 2.05) is 0 Å². The zero-order valence-corrected chi connectivity index (χ0v) is 23.5. The SMILES string of the molecule is COc1cccc(C(=O)C2CN(C(=O)CN(C)C)CC(C(=O)c3cccc(OC)c3)C2c2cccc(F)c2C)c1. The molecule has 0 radical (unpaired) electrons. The number of rotatable bonds is 9. The lowest BCUT2D eigenvalue weighted by atomic mass is 9.67. The Hall–Kier alpha value is -4.04. The average Bonchev–Trinajstić information content (AvgIpc) is 2.97. The summed E-state index contributed by atoms with van der Waals surface area (Å²) in [4.78, 5) is 45.1. The van der Waals surface area contributed by atoms with Crippen molar-refractivity contribution in [3.63, 3.8) is 0 Å². The molecular weight excluding hydrogens is 511 g/mol. The number of hydrogen-bond acceptors (Lipinski definition) is 6. The maximum Gasteiger partial charge on any atom is 0.236 e. The van der Waals surface area contributed by atoms with Gasteiger partial charge in [0.1, 0.15) is 17.3 Å². The normalized spacial score (nSPS) is 18.9. The van der Waals surface area contributed by atoms with Gasteiger partial charge in [-0.05, 0) is 62.5 Å². The van der Waals surface area contributed by atoms with E-state index in [0.717, 1.165) is 0 Å². The van der Waals surface area contributed by atoms with Gasteiger partial charge in [0.05, 0.1) is 20.8 Å². The lowest BCUT2D eigenvalue weighted by Crippen LogP contribution is -2.54. The molecule has 1 aliphatic heterocycles. The van der Waals surface area contributed by atoms with Crippen molar-refractivity contribution in [2.45, 2.75) is 12.8 Å². The second kappa shape index (κ2) is 12.4. The molecule has 7 nitrogen and oxygen atoms in total. The fourth-order valence-corrected chi connectivity index (χ4v) is 5.52. The first-order valence-corrected chi connectivity index (χ1v) is 13.2. The Kier molecular flexibility index (Phi) is 9.00. The van der Waals surface area contributed by atoms with E-state index in [1.165, 1.54) is 20.3 Å². The summed E-state index contributed by atoms with van der Waals surface area (Å²) < 4.78 is 25.6. The Bertz CT molecular complexity index is 1340. The summed E-state index contributed by atoms with van der Waals surface area (Å²) >= 11 is 0. The van der Waals surface area contributed by atoms with Crippen LogP contribution in [0.2, 0.25) is 0 Å². The highest BCUT2D eigenvalue weighted by Crippen LogP contribution is 2.43. The van der Waals surface area contributed by atoms with Crippen molar-refractivity contribution in [2.24, 2.45) is 11.8 Å². The molecule has 3 aromatic carbocycles. The minimum absolute atomic E-state index is 0.102. The predicted molar refractivity (Wildman–Crippen MR) is 151 cm³/mol. The summed E-state index contributed by atoms with van der Waals surface area (Å²) in [5, 5.41) is 0. The Morgan fingerprint density at radius 2 is 1.35 bits per heavy atom. The summed E-state index contributed by atoms with van der Waals surface area (Å²) in [5.74, 6) is -2.31. The van der Waals surface area contributed by atoms with Gasteiger partial charge in [0, 0.05) is 42.0 Å². The topological polar surface area (TPSA) is 76.2 Å². The number of methoxy groups -OCH3 is 2. The number of Topliss-reactive ketones (excluding diaryl/α,β-unsaturated/α-hetero) is 2. The number of likely N-dealkylation sites (N-methyl/N-ethyl adjacent to an activating group) is 1. The number of hydrogen-bond donors (Lipinski definition) is 0. The molecule has 0 aliphatic carbocycles. The van der Waals surface area contributed by atoms with Crippen molar-refractivity contribution in [3.8, 4) is 11.5 Å². The number of nitrogens with zero attached hydrogens (tertiary/aromatic N) is 2. The molecule has 0 saturated carbocycles. The zero-order chi connectivity index (χ0) is 29.0. The van der Waals surface area contributed by atoms with Crippen LogP contribution >= 0.6 is 0 Å². The van der Waals surface area contributed by atoms with Gasteiger partial charge in [-0.25, -0.2) is 4.39 Å². The summed E-state index contributed by atoms with van der Waals surface area (Å²) in [6, 6.07) is 18.4. The monoisotopic (exact) mass is 546 g/mol. The summed E-state index contributed by atoms with van der Waals surface area (Å²) in [7, 11) is 6.62. The van der Waals surface area contributed by atoms with Crippen LogP contribution in [0, 0.1) is 24.6 Å². The minimum Gasteiger partial charge on any atom is -0.497 e. The molecule has 40 heavy (non-hydrogen) atoms. The van der Waals surface area contributed by atoms with Crippen LogP contribution in [-0.2, 0) is 4.79 Å². The quantitative estimate of drug-likeness (QED) is 0.364. The molecule has 0 bridgehead atoms. The number of likely N-dealkylation sites (tertiary alicyclic amines) is 1. The molecular formula is C32H35FN2O5.